The molecule has 1 aliphatic rings. The molecule has 1 fully saturated rings. The lowest BCUT2D eigenvalue weighted by atomic mass is 10.0. The monoisotopic (exact) mass is 444 g/mol. The Kier molecular flexibility index (Phi) is 6.43. The number of nitrogens with one attached hydrogen (secondary N) is 1. The summed E-state index contributed by atoms with van der Waals surface area (Å²) in [6.45, 7) is 6.08. The smallest absolute Gasteiger partial charge is 0.270 e. The number of anilines is 1. The van der Waals surface area contributed by atoms with E-state index in [0.717, 1.165) is 11.1 Å². The molecule has 2 aromatic rings. The lowest BCUT2D eigenvalue weighted by Crippen LogP contribution is -2.54. The van der Waals surface area contributed by atoms with Crippen molar-refractivity contribution in [2.45, 2.75) is 20.8 Å². The third-order valence-corrected chi connectivity index (χ3v) is 5.33. The second-order valence-electron chi connectivity index (χ2n) is 6.64. The Hall–Kier alpha value is -2.90. The van der Waals surface area contributed by atoms with Gasteiger partial charge in [0.25, 0.3) is 11.8 Å². The van der Waals surface area contributed by atoms with Crippen LogP contribution in [-0.2, 0) is 9.59 Å². The van der Waals surface area contributed by atoms with E-state index in [4.69, 9.17) is 33.3 Å². The summed E-state index contributed by atoms with van der Waals surface area (Å²) in [5.41, 5.74) is 2.99. The number of hydrogen-bond donors (Lipinski definition) is 1. The Bertz CT molecular complexity index is 1080. The predicted octanol–water partition coefficient (Wildman–Crippen LogP) is 4.20. The molecule has 8 heteroatoms. The lowest BCUT2D eigenvalue weighted by Gasteiger charge is -2.30. The van der Waals surface area contributed by atoms with Crippen LogP contribution in [0.3, 0.4) is 0 Å². The van der Waals surface area contributed by atoms with Crippen molar-refractivity contribution in [2.24, 2.45) is 0 Å². The third kappa shape index (κ3) is 4.04. The summed E-state index contributed by atoms with van der Waals surface area (Å²) in [4.78, 5) is 27.2. The van der Waals surface area contributed by atoms with Gasteiger partial charge in [-0.15, -0.1) is 0 Å². The van der Waals surface area contributed by atoms with Gasteiger partial charge in [-0.2, -0.15) is 0 Å². The molecule has 2 amide bonds. The van der Waals surface area contributed by atoms with Gasteiger partial charge in [-0.1, -0.05) is 23.7 Å². The fourth-order valence-electron chi connectivity index (χ4n) is 3.15. The Morgan fingerprint density at radius 3 is 2.63 bits per heavy atom. The van der Waals surface area contributed by atoms with E-state index in [1.54, 1.807) is 18.2 Å². The van der Waals surface area contributed by atoms with E-state index in [9.17, 15) is 9.59 Å². The number of carbonyl (C=O) groups excluding carboxylic acids is 2. The fraction of sp³-hybridized carbons (Fsp3) is 0.227. The highest BCUT2D eigenvalue weighted by molar-refractivity contribution is 7.80. The summed E-state index contributed by atoms with van der Waals surface area (Å²) in [6.07, 6.45) is 1.46. The molecule has 30 heavy (non-hydrogen) atoms. The van der Waals surface area contributed by atoms with Crippen LogP contribution in [0.1, 0.15) is 23.6 Å². The largest absolute Gasteiger partial charge is 0.491 e. The van der Waals surface area contributed by atoms with Crippen molar-refractivity contribution >= 4 is 52.5 Å². The molecule has 0 unspecified atom stereocenters. The molecule has 2 aromatic carbocycles. The number of halogens is 1. The molecule has 3 rings (SSSR count). The van der Waals surface area contributed by atoms with Gasteiger partial charge in [0.1, 0.15) is 5.57 Å². The van der Waals surface area contributed by atoms with Crippen LogP contribution in [0.5, 0.6) is 11.5 Å². The molecule has 1 N–H and O–H groups in total. The summed E-state index contributed by atoms with van der Waals surface area (Å²) in [5.74, 6) is -0.276. The molecule has 1 heterocycles. The van der Waals surface area contributed by atoms with Crippen LogP contribution in [0.4, 0.5) is 5.69 Å². The number of methoxy groups -OCH3 is 1. The highest BCUT2D eigenvalue weighted by Crippen LogP contribution is 2.37. The van der Waals surface area contributed by atoms with Gasteiger partial charge in [0.15, 0.2) is 16.6 Å². The molecular formula is C22H21ClN2O4S. The van der Waals surface area contributed by atoms with Gasteiger partial charge in [-0.25, -0.2) is 0 Å². The highest BCUT2D eigenvalue weighted by Gasteiger charge is 2.35. The minimum Gasteiger partial charge on any atom is -0.491 e. The minimum absolute atomic E-state index is 0.0404. The molecule has 0 atom stereocenters. The van der Waals surface area contributed by atoms with Gasteiger partial charge in [0, 0.05) is 0 Å². The molecule has 0 spiro atoms. The molecule has 0 bridgehead atoms. The van der Waals surface area contributed by atoms with E-state index in [0.29, 0.717) is 34.4 Å². The summed E-state index contributed by atoms with van der Waals surface area (Å²) < 4.78 is 10.9. The van der Waals surface area contributed by atoms with Crippen molar-refractivity contribution < 1.29 is 19.1 Å². The van der Waals surface area contributed by atoms with Crippen LogP contribution in [0.15, 0.2) is 35.9 Å². The van der Waals surface area contributed by atoms with Crippen LogP contribution in [0, 0.1) is 13.8 Å². The summed E-state index contributed by atoms with van der Waals surface area (Å²) >= 11 is 11.6. The van der Waals surface area contributed by atoms with Gasteiger partial charge in [-0.05, 0) is 74.0 Å². The Morgan fingerprint density at radius 2 is 1.97 bits per heavy atom. The zero-order valence-electron chi connectivity index (χ0n) is 17.0. The zero-order valence-corrected chi connectivity index (χ0v) is 18.6. The Morgan fingerprint density at radius 1 is 1.23 bits per heavy atom. The van der Waals surface area contributed by atoms with Gasteiger partial charge < -0.3 is 9.47 Å². The van der Waals surface area contributed by atoms with E-state index in [1.165, 1.54) is 18.1 Å². The maximum atomic E-state index is 13.3. The van der Waals surface area contributed by atoms with Gasteiger partial charge in [0.2, 0.25) is 0 Å². The first-order valence-electron chi connectivity index (χ1n) is 9.26. The SMILES string of the molecule is CCOc1cc(/C=C2\C(=O)NC(=S)N(c3cccc(C)c3C)C2=O)cc(Cl)c1OC. The molecule has 1 saturated heterocycles. The van der Waals surface area contributed by atoms with Crippen molar-refractivity contribution in [1.82, 2.24) is 5.32 Å². The number of ether oxygens (including phenoxy) is 2. The average molecular weight is 445 g/mol. The Labute approximate surface area is 185 Å². The first kappa shape index (κ1) is 21.8. The number of nitrogens with zero attached hydrogens (tertiary/aromatic N) is 1. The van der Waals surface area contributed by atoms with Crippen molar-refractivity contribution in [2.75, 3.05) is 18.6 Å². The predicted molar refractivity (Wildman–Crippen MR) is 121 cm³/mol. The normalized spacial score (nSPS) is 15.4. The molecule has 156 valence electrons. The summed E-state index contributed by atoms with van der Waals surface area (Å²) in [7, 11) is 1.49. The minimum atomic E-state index is -0.573. The maximum Gasteiger partial charge on any atom is 0.270 e. The van der Waals surface area contributed by atoms with E-state index >= 15 is 0 Å². The number of carbonyl (C=O) groups is 2. The number of amides is 2. The zero-order chi connectivity index (χ0) is 22.0. The van der Waals surface area contributed by atoms with Crippen LogP contribution < -0.4 is 19.7 Å². The molecular weight excluding hydrogens is 424 g/mol. The van der Waals surface area contributed by atoms with Crippen LogP contribution in [-0.4, -0.2) is 30.6 Å². The van der Waals surface area contributed by atoms with Gasteiger partial charge >= 0.3 is 0 Å². The standard InChI is InChI=1S/C22H21ClN2O4S/c1-5-29-18-11-14(10-16(23)19(18)28-4)9-15-20(26)24-22(30)25(21(15)27)17-8-6-7-12(2)13(17)3/h6-11H,5H2,1-4H3,(H,24,26,30)/b15-9+. The quantitative estimate of drug-likeness (QED) is 0.425. The van der Waals surface area contributed by atoms with Gasteiger partial charge in [0.05, 0.1) is 24.4 Å². The molecule has 0 radical (unpaired) electrons. The second kappa shape index (κ2) is 8.85. The van der Waals surface area contributed by atoms with Crippen LogP contribution in [0.25, 0.3) is 6.08 Å². The number of benzene rings is 2. The van der Waals surface area contributed by atoms with Gasteiger partial charge in [-0.3, -0.25) is 19.8 Å². The lowest BCUT2D eigenvalue weighted by molar-refractivity contribution is -0.122. The van der Waals surface area contributed by atoms with E-state index in [2.05, 4.69) is 5.32 Å². The Balaban J connectivity index is 2.08. The topological polar surface area (TPSA) is 67.9 Å². The second-order valence-corrected chi connectivity index (χ2v) is 7.44. The number of thiocarbonyl (C=S) groups is 1. The third-order valence-electron chi connectivity index (χ3n) is 4.77. The van der Waals surface area contributed by atoms with E-state index < -0.39 is 11.8 Å². The van der Waals surface area contributed by atoms with E-state index in [-0.39, 0.29) is 10.7 Å². The molecule has 0 aliphatic carbocycles. The first-order chi connectivity index (χ1) is 14.3. The first-order valence-corrected chi connectivity index (χ1v) is 10.0. The van der Waals surface area contributed by atoms with Crippen LogP contribution >= 0.6 is 23.8 Å². The molecule has 6 nitrogen and oxygen atoms in total. The fourth-order valence-corrected chi connectivity index (χ4v) is 3.72. The highest BCUT2D eigenvalue weighted by atomic mass is 35.5. The number of hydrogen-bond acceptors (Lipinski definition) is 5. The molecule has 0 saturated carbocycles. The van der Waals surface area contributed by atoms with Crippen molar-refractivity contribution in [3.63, 3.8) is 0 Å². The maximum absolute atomic E-state index is 13.3. The van der Waals surface area contributed by atoms with E-state index in [1.807, 2.05) is 32.9 Å². The summed E-state index contributed by atoms with van der Waals surface area (Å²) in [6, 6.07) is 8.84. The number of aryl methyl sites for hydroxylation is 1. The molecule has 0 aromatic heterocycles. The van der Waals surface area contributed by atoms with Crippen molar-refractivity contribution in [1.29, 1.82) is 0 Å². The van der Waals surface area contributed by atoms with Crippen molar-refractivity contribution in [3.05, 3.63) is 57.6 Å². The van der Waals surface area contributed by atoms with Crippen LogP contribution in [0.2, 0.25) is 5.02 Å². The molecule has 1 aliphatic heterocycles. The average Bonchev–Trinajstić information content (AvgIpc) is 2.68. The number of rotatable bonds is 5. The van der Waals surface area contributed by atoms with Crippen molar-refractivity contribution in [3.8, 4) is 11.5 Å². The summed E-state index contributed by atoms with van der Waals surface area (Å²) in [5, 5.41) is 2.94.